The SMILES string of the molecule is COC(=O)c1ccc(F)c(O[C@H]2C[C@H]3CC[C@@H](C2)N3C(=O)OC(C)(C)C)c1. The van der Waals surface area contributed by atoms with Crippen molar-refractivity contribution in [1.29, 1.82) is 0 Å². The first kappa shape index (κ1) is 19.5. The zero-order valence-corrected chi connectivity index (χ0v) is 16.2. The molecule has 1 aromatic rings. The summed E-state index contributed by atoms with van der Waals surface area (Å²) >= 11 is 0. The Morgan fingerprint density at radius 3 is 2.33 bits per heavy atom. The minimum Gasteiger partial charge on any atom is -0.487 e. The molecule has 0 saturated carbocycles. The molecule has 2 aliphatic heterocycles. The van der Waals surface area contributed by atoms with E-state index >= 15 is 0 Å². The van der Waals surface area contributed by atoms with Gasteiger partial charge < -0.3 is 19.1 Å². The summed E-state index contributed by atoms with van der Waals surface area (Å²) in [5.41, 5.74) is -0.301. The summed E-state index contributed by atoms with van der Waals surface area (Å²) < 4.78 is 30.2. The maximum absolute atomic E-state index is 14.1. The van der Waals surface area contributed by atoms with Gasteiger partial charge in [-0.1, -0.05) is 0 Å². The summed E-state index contributed by atoms with van der Waals surface area (Å²) in [6.45, 7) is 5.54. The van der Waals surface area contributed by atoms with Gasteiger partial charge in [-0.2, -0.15) is 0 Å². The highest BCUT2D eigenvalue weighted by Crippen LogP contribution is 2.38. The highest BCUT2D eigenvalue weighted by atomic mass is 19.1. The Morgan fingerprint density at radius 2 is 1.78 bits per heavy atom. The normalized spacial score (nSPS) is 24.5. The van der Waals surface area contributed by atoms with Crippen LogP contribution in [0.15, 0.2) is 18.2 Å². The van der Waals surface area contributed by atoms with Gasteiger partial charge >= 0.3 is 12.1 Å². The van der Waals surface area contributed by atoms with Crippen molar-refractivity contribution in [3.63, 3.8) is 0 Å². The predicted molar refractivity (Wildman–Crippen MR) is 96.3 cm³/mol. The Kier molecular flexibility index (Phi) is 5.31. The van der Waals surface area contributed by atoms with E-state index in [4.69, 9.17) is 9.47 Å². The number of amides is 1. The molecular formula is C20H26FNO5. The third-order valence-corrected chi connectivity index (χ3v) is 4.94. The monoisotopic (exact) mass is 379 g/mol. The molecule has 1 aromatic carbocycles. The number of piperidine rings is 1. The molecule has 0 radical (unpaired) electrons. The second-order valence-corrected chi connectivity index (χ2v) is 8.12. The van der Waals surface area contributed by atoms with Crippen LogP contribution in [0.2, 0.25) is 0 Å². The zero-order chi connectivity index (χ0) is 19.8. The molecular weight excluding hydrogens is 353 g/mol. The molecule has 2 fully saturated rings. The van der Waals surface area contributed by atoms with Crippen LogP contribution >= 0.6 is 0 Å². The highest BCUT2D eigenvalue weighted by Gasteiger charge is 2.45. The van der Waals surface area contributed by atoms with Gasteiger partial charge in [0.25, 0.3) is 0 Å². The largest absolute Gasteiger partial charge is 0.487 e. The molecule has 0 aliphatic carbocycles. The first-order valence-electron chi connectivity index (χ1n) is 9.24. The van der Waals surface area contributed by atoms with Crippen LogP contribution in [0, 0.1) is 5.82 Å². The molecule has 0 aromatic heterocycles. The number of ether oxygens (including phenoxy) is 3. The number of halogens is 1. The Balaban J connectivity index is 1.69. The lowest BCUT2D eigenvalue weighted by atomic mass is 10.00. The number of fused-ring (bicyclic) bond motifs is 2. The number of esters is 1. The van der Waals surface area contributed by atoms with Crippen LogP contribution in [0.4, 0.5) is 9.18 Å². The van der Waals surface area contributed by atoms with Crippen molar-refractivity contribution in [1.82, 2.24) is 4.90 Å². The molecule has 2 bridgehead atoms. The average molecular weight is 379 g/mol. The van der Waals surface area contributed by atoms with Crippen LogP contribution in [0.5, 0.6) is 5.75 Å². The van der Waals surface area contributed by atoms with Crippen LogP contribution in [0.3, 0.4) is 0 Å². The fourth-order valence-corrected chi connectivity index (χ4v) is 3.85. The maximum Gasteiger partial charge on any atom is 0.410 e. The summed E-state index contributed by atoms with van der Waals surface area (Å²) in [7, 11) is 1.27. The van der Waals surface area contributed by atoms with Gasteiger partial charge in [-0.3, -0.25) is 0 Å². The fraction of sp³-hybridized carbons (Fsp3) is 0.600. The molecule has 3 rings (SSSR count). The number of hydrogen-bond donors (Lipinski definition) is 0. The van der Waals surface area contributed by atoms with E-state index in [2.05, 4.69) is 4.74 Å². The van der Waals surface area contributed by atoms with E-state index in [9.17, 15) is 14.0 Å². The van der Waals surface area contributed by atoms with Crippen LogP contribution in [0.25, 0.3) is 0 Å². The molecule has 2 saturated heterocycles. The third kappa shape index (κ3) is 4.34. The lowest BCUT2D eigenvalue weighted by Gasteiger charge is -2.39. The topological polar surface area (TPSA) is 65.1 Å². The number of methoxy groups -OCH3 is 1. The summed E-state index contributed by atoms with van der Waals surface area (Å²) in [6.07, 6.45) is 2.47. The number of rotatable bonds is 3. The van der Waals surface area contributed by atoms with Gasteiger partial charge in [-0.25, -0.2) is 14.0 Å². The summed E-state index contributed by atoms with van der Waals surface area (Å²) in [6, 6.07) is 3.98. The number of carbonyl (C=O) groups excluding carboxylic acids is 2. The Morgan fingerprint density at radius 1 is 1.15 bits per heavy atom. The predicted octanol–water partition coefficient (Wildman–Crippen LogP) is 3.92. The Hall–Kier alpha value is -2.31. The van der Waals surface area contributed by atoms with E-state index in [1.165, 1.54) is 25.3 Å². The lowest BCUT2D eigenvalue weighted by molar-refractivity contribution is -0.00759. The molecule has 148 valence electrons. The summed E-state index contributed by atoms with van der Waals surface area (Å²) in [5.74, 6) is -1.03. The van der Waals surface area contributed by atoms with Gasteiger partial charge in [0.2, 0.25) is 0 Å². The molecule has 7 heteroatoms. The molecule has 27 heavy (non-hydrogen) atoms. The zero-order valence-electron chi connectivity index (χ0n) is 16.2. The van der Waals surface area contributed by atoms with Crippen LogP contribution < -0.4 is 4.74 Å². The van der Waals surface area contributed by atoms with Crippen molar-refractivity contribution in [2.75, 3.05) is 7.11 Å². The van der Waals surface area contributed by atoms with Gasteiger partial charge in [0.05, 0.1) is 12.7 Å². The van der Waals surface area contributed by atoms with Crippen LogP contribution in [-0.4, -0.2) is 47.9 Å². The molecule has 0 spiro atoms. The molecule has 0 unspecified atom stereocenters. The smallest absolute Gasteiger partial charge is 0.410 e. The van der Waals surface area contributed by atoms with E-state index < -0.39 is 17.4 Å². The van der Waals surface area contributed by atoms with E-state index in [1.807, 2.05) is 25.7 Å². The van der Waals surface area contributed by atoms with Crippen molar-refractivity contribution in [2.24, 2.45) is 0 Å². The van der Waals surface area contributed by atoms with Gasteiger partial charge in [0, 0.05) is 24.9 Å². The van der Waals surface area contributed by atoms with Crippen molar-refractivity contribution in [3.8, 4) is 5.75 Å². The van der Waals surface area contributed by atoms with E-state index in [-0.39, 0.29) is 35.6 Å². The second-order valence-electron chi connectivity index (χ2n) is 8.12. The van der Waals surface area contributed by atoms with Crippen molar-refractivity contribution >= 4 is 12.1 Å². The van der Waals surface area contributed by atoms with E-state index in [1.54, 1.807) is 0 Å². The van der Waals surface area contributed by atoms with Gasteiger partial charge in [-0.05, 0) is 51.8 Å². The minimum absolute atomic E-state index is 0.0236. The van der Waals surface area contributed by atoms with Crippen molar-refractivity contribution in [2.45, 2.75) is 70.2 Å². The Bertz CT molecular complexity index is 716. The molecule has 1 amide bonds. The van der Waals surface area contributed by atoms with E-state index in [0.717, 1.165) is 12.8 Å². The summed E-state index contributed by atoms with van der Waals surface area (Å²) in [5, 5.41) is 0. The van der Waals surface area contributed by atoms with Gasteiger partial charge in [-0.15, -0.1) is 0 Å². The molecule has 3 atom stereocenters. The Labute approximate surface area is 158 Å². The quantitative estimate of drug-likeness (QED) is 0.745. The van der Waals surface area contributed by atoms with Crippen LogP contribution in [-0.2, 0) is 9.47 Å². The van der Waals surface area contributed by atoms with Gasteiger partial charge in [0.15, 0.2) is 11.6 Å². The molecule has 0 N–H and O–H groups in total. The maximum atomic E-state index is 14.1. The number of nitrogens with zero attached hydrogens (tertiary/aromatic N) is 1. The molecule has 2 aliphatic rings. The first-order chi connectivity index (χ1) is 12.7. The fourth-order valence-electron chi connectivity index (χ4n) is 3.85. The van der Waals surface area contributed by atoms with Crippen molar-refractivity contribution in [3.05, 3.63) is 29.6 Å². The van der Waals surface area contributed by atoms with Crippen LogP contribution in [0.1, 0.15) is 56.8 Å². The lowest BCUT2D eigenvalue weighted by Crippen LogP contribution is -2.50. The summed E-state index contributed by atoms with van der Waals surface area (Å²) in [4.78, 5) is 26.0. The molecule has 6 nitrogen and oxygen atoms in total. The number of carbonyl (C=O) groups is 2. The number of benzene rings is 1. The van der Waals surface area contributed by atoms with E-state index in [0.29, 0.717) is 12.8 Å². The minimum atomic E-state index is -0.542. The standard InChI is InChI=1S/C20H26FNO5/c1-20(2,3)27-19(24)22-13-6-7-14(22)11-15(10-13)26-17-9-12(18(23)25-4)5-8-16(17)21/h5,8-9,13-15H,6-7,10-11H2,1-4H3/t13-,14+,15+. The molecule has 2 heterocycles. The average Bonchev–Trinajstić information content (AvgIpc) is 2.86. The number of hydrogen-bond acceptors (Lipinski definition) is 5. The third-order valence-electron chi connectivity index (χ3n) is 4.94. The highest BCUT2D eigenvalue weighted by molar-refractivity contribution is 5.89. The first-order valence-corrected chi connectivity index (χ1v) is 9.24. The second kappa shape index (κ2) is 7.37. The van der Waals surface area contributed by atoms with Gasteiger partial charge in [0.1, 0.15) is 11.7 Å². The van der Waals surface area contributed by atoms with Crippen molar-refractivity contribution < 1.29 is 28.2 Å².